The van der Waals surface area contributed by atoms with E-state index in [9.17, 15) is 9.59 Å². The Morgan fingerprint density at radius 1 is 0.967 bits per heavy atom. The highest BCUT2D eigenvalue weighted by Crippen LogP contribution is 2.28. The van der Waals surface area contributed by atoms with Gasteiger partial charge in [-0.1, -0.05) is 18.2 Å². The Hall–Kier alpha value is -3.93. The molecule has 6 heteroatoms. The van der Waals surface area contributed by atoms with Gasteiger partial charge in [-0.3, -0.25) is 4.79 Å². The third kappa shape index (κ3) is 3.33. The highest BCUT2D eigenvalue weighted by atomic mass is 16.4. The first-order chi connectivity index (χ1) is 14.4. The topological polar surface area (TPSA) is 74.9 Å². The fourth-order valence-electron chi connectivity index (χ4n) is 3.67. The van der Waals surface area contributed by atoms with Gasteiger partial charge in [-0.2, -0.15) is 10.1 Å². The van der Waals surface area contributed by atoms with E-state index in [1.807, 2.05) is 50.3 Å². The van der Waals surface area contributed by atoms with Gasteiger partial charge < -0.3 is 9.67 Å². The summed E-state index contributed by atoms with van der Waals surface area (Å²) in [5, 5.41) is 14.8. The molecule has 0 spiro atoms. The fourth-order valence-corrected chi connectivity index (χ4v) is 3.67. The van der Waals surface area contributed by atoms with Crippen molar-refractivity contribution in [1.29, 1.82) is 0 Å². The van der Waals surface area contributed by atoms with Crippen molar-refractivity contribution < 1.29 is 14.7 Å². The third-order valence-electron chi connectivity index (χ3n) is 5.21. The Morgan fingerprint density at radius 3 is 2.27 bits per heavy atom. The number of carboxylic acid groups (broad SMARTS) is 1. The van der Waals surface area contributed by atoms with Crippen LogP contribution in [0.3, 0.4) is 0 Å². The summed E-state index contributed by atoms with van der Waals surface area (Å²) in [6, 6.07) is 18.2. The molecule has 30 heavy (non-hydrogen) atoms. The van der Waals surface area contributed by atoms with Gasteiger partial charge in [-0.15, -0.1) is 0 Å². The second kappa shape index (κ2) is 7.48. The van der Waals surface area contributed by atoms with E-state index >= 15 is 0 Å². The van der Waals surface area contributed by atoms with Crippen LogP contribution in [0.25, 0.3) is 11.8 Å². The van der Waals surface area contributed by atoms with E-state index in [1.165, 1.54) is 17.1 Å². The van der Waals surface area contributed by atoms with Gasteiger partial charge in [0.2, 0.25) is 0 Å². The summed E-state index contributed by atoms with van der Waals surface area (Å²) < 4.78 is 2.15. The molecule has 0 saturated heterocycles. The Balaban J connectivity index is 1.68. The average Bonchev–Trinajstić information content (AvgIpc) is 3.18. The van der Waals surface area contributed by atoms with Crippen LogP contribution in [0.1, 0.15) is 34.2 Å². The maximum atomic E-state index is 13.0. The lowest BCUT2D eigenvalue weighted by atomic mass is 10.1. The number of hydrogen-bond acceptors (Lipinski definition) is 3. The van der Waals surface area contributed by atoms with E-state index in [4.69, 9.17) is 5.11 Å². The van der Waals surface area contributed by atoms with Crippen molar-refractivity contribution in [2.24, 2.45) is 5.10 Å². The predicted octanol–water partition coefficient (Wildman–Crippen LogP) is 4.60. The van der Waals surface area contributed by atoms with Crippen LogP contribution < -0.4 is 5.01 Å². The standard InChI is InChI=1S/C24H21N3O3/c1-15-13-19(17(3)26(15)20-7-5-4-6-8-20)14-22-16(2)25-27(23(22)28)21-11-9-18(10-12-21)24(29)30/h4-14H,1-3H3,(H,29,30). The smallest absolute Gasteiger partial charge is 0.335 e. The largest absolute Gasteiger partial charge is 0.478 e. The van der Waals surface area contributed by atoms with Crippen molar-refractivity contribution in [1.82, 2.24) is 4.57 Å². The van der Waals surface area contributed by atoms with Crippen LogP contribution in [0.15, 0.2) is 71.3 Å². The number of carbonyl (C=O) groups is 2. The van der Waals surface area contributed by atoms with Gasteiger partial charge in [0.25, 0.3) is 5.91 Å². The number of aryl methyl sites for hydroxylation is 1. The number of hydrogen-bond donors (Lipinski definition) is 1. The number of carbonyl (C=O) groups excluding carboxylic acids is 1. The highest BCUT2D eigenvalue weighted by Gasteiger charge is 2.29. The van der Waals surface area contributed by atoms with Gasteiger partial charge in [-0.05, 0) is 74.9 Å². The van der Waals surface area contributed by atoms with Gasteiger partial charge in [0, 0.05) is 17.1 Å². The Kier molecular flexibility index (Phi) is 4.83. The van der Waals surface area contributed by atoms with E-state index in [2.05, 4.69) is 15.7 Å². The number of aromatic nitrogens is 1. The Bertz CT molecular complexity index is 1200. The normalized spacial score (nSPS) is 15.0. The summed E-state index contributed by atoms with van der Waals surface area (Å²) in [6.45, 7) is 5.86. The zero-order valence-corrected chi connectivity index (χ0v) is 17.0. The van der Waals surface area contributed by atoms with Crippen molar-refractivity contribution >= 4 is 29.4 Å². The summed E-state index contributed by atoms with van der Waals surface area (Å²) in [4.78, 5) is 24.1. The summed E-state index contributed by atoms with van der Waals surface area (Å²) in [5.41, 5.74) is 5.97. The molecule has 4 rings (SSSR count). The van der Waals surface area contributed by atoms with E-state index in [1.54, 1.807) is 19.1 Å². The molecule has 1 N–H and O–H groups in total. The molecule has 6 nitrogen and oxygen atoms in total. The first-order valence-electron chi connectivity index (χ1n) is 9.56. The molecule has 1 aliphatic rings. The van der Waals surface area contributed by atoms with Crippen molar-refractivity contribution in [3.8, 4) is 5.69 Å². The molecule has 1 aliphatic heterocycles. The van der Waals surface area contributed by atoms with E-state index in [0.717, 1.165) is 22.6 Å². The van der Waals surface area contributed by atoms with Crippen LogP contribution in [-0.2, 0) is 4.79 Å². The number of aromatic carboxylic acids is 1. The lowest BCUT2D eigenvalue weighted by molar-refractivity contribution is -0.114. The first kappa shape index (κ1) is 19.4. The zero-order chi connectivity index (χ0) is 21.4. The van der Waals surface area contributed by atoms with E-state index in [-0.39, 0.29) is 11.5 Å². The van der Waals surface area contributed by atoms with Gasteiger partial charge in [0.1, 0.15) is 0 Å². The number of para-hydroxylation sites is 1. The maximum Gasteiger partial charge on any atom is 0.335 e. The summed E-state index contributed by atoms with van der Waals surface area (Å²) in [5.74, 6) is -1.25. The van der Waals surface area contributed by atoms with Crippen LogP contribution in [0.4, 0.5) is 5.69 Å². The summed E-state index contributed by atoms with van der Waals surface area (Å²) in [7, 11) is 0. The molecule has 2 aromatic carbocycles. The molecular weight excluding hydrogens is 378 g/mol. The molecule has 0 radical (unpaired) electrons. The molecule has 1 aromatic heterocycles. The number of hydrazone groups is 1. The fraction of sp³-hybridized carbons (Fsp3) is 0.125. The van der Waals surface area contributed by atoms with Crippen LogP contribution in [0, 0.1) is 13.8 Å². The third-order valence-corrected chi connectivity index (χ3v) is 5.21. The summed E-state index contributed by atoms with van der Waals surface area (Å²) >= 11 is 0. The molecule has 0 fully saturated rings. The number of rotatable bonds is 4. The van der Waals surface area contributed by atoms with Crippen molar-refractivity contribution in [3.05, 3.63) is 88.8 Å². The molecule has 1 amide bonds. The minimum Gasteiger partial charge on any atom is -0.478 e. The number of benzene rings is 2. The minimum absolute atomic E-state index is 0.162. The number of amides is 1. The minimum atomic E-state index is -1.01. The summed E-state index contributed by atoms with van der Waals surface area (Å²) in [6.07, 6.45) is 1.87. The Labute approximate surface area is 174 Å². The van der Waals surface area contributed by atoms with Crippen LogP contribution in [0.2, 0.25) is 0 Å². The van der Waals surface area contributed by atoms with E-state index in [0.29, 0.717) is 17.0 Å². The number of carboxylic acids is 1. The van der Waals surface area contributed by atoms with E-state index < -0.39 is 5.97 Å². The molecular formula is C24H21N3O3. The lowest BCUT2D eigenvalue weighted by Crippen LogP contribution is -2.21. The second-order valence-electron chi connectivity index (χ2n) is 7.21. The van der Waals surface area contributed by atoms with Gasteiger partial charge in [-0.25, -0.2) is 4.79 Å². The van der Waals surface area contributed by atoms with Gasteiger partial charge >= 0.3 is 5.97 Å². The molecule has 3 aromatic rings. The van der Waals surface area contributed by atoms with Crippen LogP contribution >= 0.6 is 0 Å². The van der Waals surface area contributed by atoms with Gasteiger partial charge in [0.05, 0.1) is 22.5 Å². The molecule has 2 heterocycles. The second-order valence-corrected chi connectivity index (χ2v) is 7.21. The van der Waals surface area contributed by atoms with Crippen LogP contribution in [-0.4, -0.2) is 27.3 Å². The first-order valence-corrected chi connectivity index (χ1v) is 9.56. The van der Waals surface area contributed by atoms with Crippen molar-refractivity contribution in [3.63, 3.8) is 0 Å². The number of anilines is 1. The molecule has 0 unspecified atom stereocenters. The molecule has 0 aliphatic carbocycles. The maximum absolute atomic E-state index is 13.0. The molecule has 0 bridgehead atoms. The molecule has 0 atom stereocenters. The quantitative estimate of drug-likeness (QED) is 0.652. The Morgan fingerprint density at radius 2 is 1.63 bits per heavy atom. The molecule has 0 saturated carbocycles. The average molecular weight is 399 g/mol. The zero-order valence-electron chi connectivity index (χ0n) is 17.0. The lowest BCUT2D eigenvalue weighted by Gasteiger charge is -2.12. The SMILES string of the molecule is CC1=NN(c2ccc(C(=O)O)cc2)C(=O)C1=Cc1cc(C)n(-c2ccccc2)c1C. The monoisotopic (exact) mass is 399 g/mol. The van der Waals surface area contributed by atoms with Gasteiger partial charge in [0.15, 0.2) is 0 Å². The van der Waals surface area contributed by atoms with Crippen LogP contribution in [0.5, 0.6) is 0 Å². The van der Waals surface area contributed by atoms with Crippen molar-refractivity contribution in [2.45, 2.75) is 20.8 Å². The highest BCUT2D eigenvalue weighted by molar-refractivity contribution is 6.32. The number of nitrogens with zero attached hydrogens (tertiary/aromatic N) is 3. The molecule has 150 valence electrons. The predicted molar refractivity (Wildman–Crippen MR) is 117 cm³/mol. The van der Waals surface area contributed by atoms with Crippen molar-refractivity contribution in [2.75, 3.05) is 5.01 Å².